The summed E-state index contributed by atoms with van der Waals surface area (Å²) in [5.74, 6) is -0.481. The third kappa shape index (κ3) is 5.06. The maximum absolute atomic E-state index is 13.4. The van der Waals surface area contributed by atoms with Gasteiger partial charge in [-0.25, -0.2) is 9.18 Å². The zero-order valence-corrected chi connectivity index (χ0v) is 14.4. The molecule has 23 heavy (non-hydrogen) atoms. The lowest BCUT2D eigenvalue weighted by Crippen LogP contribution is -2.53. The van der Waals surface area contributed by atoms with Crippen LogP contribution in [0.2, 0.25) is 5.02 Å². The molecule has 2 amide bonds. The van der Waals surface area contributed by atoms with Crippen molar-refractivity contribution in [3.8, 4) is 0 Å². The zero-order valence-electron chi connectivity index (χ0n) is 13.7. The molecule has 0 aromatic heterocycles. The first kappa shape index (κ1) is 18.0. The lowest BCUT2D eigenvalue weighted by Gasteiger charge is -2.34. The first-order chi connectivity index (χ1) is 10.9. The van der Waals surface area contributed by atoms with Crippen LogP contribution in [0.15, 0.2) is 18.2 Å². The van der Waals surface area contributed by atoms with Gasteiger partial charge >= 0.3 is 6.03 Å². The van der Waals surface area contributed by atoms with E-state index in [1.54, 1.807) is 13.1 Å². The number of carbonyl (C=O) groups excluding carboxylic acids is 1. The van der Waals surface area contributed by atoms with Gasteiger partial charge in [-0.05, 0) is 31.7 Å². The monoisotopic (exact) mass is 343 g/mol. The minimum absolute atomic E-state index is 0.0286. The summed E-state index contributed by atoms with van der Waals surface area (Å²) in [6.45, 7) is 4.59. The number of likely N-dealkylation sites (N-methyl/N-ethyl adjacent to an activating group) is 1. The first-order valence-electron chi connectivity index (χ1n) is 7.62. The van der Waals surface area contributed by atoms with Crippen LogP contribution in [0.25, 0.3) is 0 Å². The van der Waals surface area contributed by atoms with E-state index in [-0.39, 0.29) is 23.2 Å². The standard InChI is InChI=1S/C16H23ClFN3O2/c1-11(15-10-20(2)6-7-23-15)19-16(22)21(3)9-12-4-5-13(17)14(18)8-12/h4-5,8,11,15H,6-7,9-10H2,1-3H3,(H,19,22)/t11-,15+/m0/s1. The van der Waals surface area contributed by atoms with Crippen molar-refractivity contribution in [1.29, 1.82) is 0 Å². The molecule has 1 saturated heterocycles. The predicted octanol–water partition coefficient (Wildman–Crippen LogP) is 2.34. The van der Waals surface area contributed by atoms with Crippen LogP contribution in [0.4, 0.5) is 9.18 Å². The van der Waals surface area contributed by atoms with Crippen molar-refractivity contribution in [3.05, 3.63) is 34.6 Å². The van der Waals surface area contributed by atoms with Crippen LogP contribution in [-0.2, 0) is 11.3 Å². The Labute approximate surface area is 141 Å². The second-order valence-corrected chi connectivity index (χ2v) is 6.42. The summed E-state index contributed by atoms with van der Waals surface area (Å²) in [7, 11) is 3.70. The number of nitrogens with zero attached hydrogens (tertiary/aromatic N) is 2. The van der Waals surface area contributed by atoms with Crippen LogP contribution in [0.5, 0.6) is 0 Å². The second-order valence-electron chi connectivity index (χ2n) is 6.01. The quantitative estimate of drug-likeness (QED) is 0.912. The summed E-state index contributed by atoms with van der Waals surface area (Å²) in [6, 6.07) is 4.22. The fourth-order valence-electron chi connectivity index (χ4n) is 2.50. The van der Waals surface area contributed by atoms with Crippen molar-refractivity contribution in [3.63, 3.8) is 0 Å². The summed E-state index contributed by atoms with van der Waals surface area (Å²) in [5.41, 5.74) is 0.686. The Morgan fingerprint density at radius 2 is 2.35 bits per heavy atom. The SMILES string of the molecule is C[C@H](NC(=O)N(C)Cc1ccc(Cl)c(F)c1)[C@H]1CN(C)CCO1. The Balaban J connectivity index is 1.87. The van der Waals surface area contributed by atoms with Gasteiger partial charge in [0.25, 0.3) is 0 Å². The van der Waals surface area contributed by atoms with Crippen LogP contribution in [0.3, 0.4) is 0 Å². The van der Waals surface area contributed by atoms with Crippen molar-refractivity contribution in [2.75, 3.05) is 33.8 Å². The van der Waals surface area contributed by atoms with E-state index in [9.17, 15) is 9.18 Å². The van der Waals surface area contributed by atoms with Crippen molar-refractivity contribution in [2.24, 2.45) is 0 Å². The number of amides is 2. The molecular formula is C16H23ClFN3O2. The number of ether oxygens (including phenoxy) is 1. The van der Waals surface area contributed by atoms with Gasteiger partial charge in [0.1, 0.15) is 5.82 Å². The largest absolute Gasteiger partial charge is 0.373 e. The normalized spacial score (nSPS) is 20.1. The molecule has 1 N–H and O–H groups in total. The third-order valence-electron chi connectivity index (χ3n) is 3.96. The van der Waals surface area contributed by atoms with E-state index in [1.807, 2.05) is 14.0 Å². The van der Waals surface area contributed by atoms with E-state index in [2.05, 4.69) is 10.2 Å². The highest BCUT2D eigenvalue weighted by molar-refractivity contribution is 6.30. The molecule has 1 heterocycles. The number of halogens is 2. The molecule has 1 aliphatic heterocycles. The van der Waals surface area contributed by atoms with Gasteiger partial charge in [-0.3, -0.25) is 0 Å². The first-order valence-corrected chi connectivity index (χ1v) is 8.00. The molecule has 1 aromatic rings. The zero-order chi connectivity index (χ0) is 17.0. The molecule has 0 bridgehead atoms. The summed E-state index contributed by atoms with van der Waals surface area (Å²) in [5, 5.41) is 3.01. The molecule has 0 radical (unpaired) electrons. The predicted molar refractivity (Wildman–Crippen MR) is 88.1 cm³/mol. The number of carbonyl (C=O) groups is 1. The minimum Gasteiger partial charge on any atom is -0.373 e. The topological polar surface area (TPSA) is 44.8 Å². The molecule has 0 saturated carbocycles. The molecule has 1 aliphatic rings. The fourth-order valence-corrected chi connectivity index (χ4v) is 2.61. The molecule has 128 valence electrons. The maximum atomic E-state index is 13.4. The fraction of sp³-hybridized carbons (Fsp3) is 0.562. The molecule has 2 atom stereocenters. The van der Waals surface area contributed by atoms with Crippen LogP contribution in [0.1, 0.15) is 12.5 Å². The molecule has 0 aliphatic carbocycles. The van der Waals surface area contributed by atoms with Gasteiger partial charge in [-0.2, -0.15) is 0 Å². The Morgan fingerprint density at radius 3 is 3.00 bits per heavy atom. The number of morpholine rings is 1. The van der Waals surface area contributed by atoms with E-state index >= 15 is 0 Å². The summed E-state index contributed by atoms with van der Waals surface area (Å²) in [4.78, 5) is 15.9. The second kappa shape index (κ2) is 7.95. The van der Waals surface area contributed by atoms with Gasteiger partial charge in [0.15, 0.2) is 0 Å². The molecule has 2 rings (SSSR count). The third-order valence-corrected chi connectivity index (χ3v) is 4.26. The Bertz CT molecular complexity index is 558. The van der Waals surface area contributed by atoms with Crippen molar-refractivity contribution in [1.82, 2.24) is 15.1 Å². The van der Waals surface area contributed by atoms with Crippen LogP contribution >= 0.6 is 11.6 Å². The van der Waals surface area contributed by atoms with E-state index in [0.29, 0.717) is 18.7 Å². The Hall–Kier alpha value is -1.37. The molecule has 1 fully saturated rings. The minimum atomic E-state index is -0.481. The van der Waals surface area contributed by atoms with Crippen molar-refractivity contribution >= 4 is 17.6 Å². The number of urea groups is 1. The van der Waals surface area contributed by atoms with E-state index in [1.165, 1.54) is 17.0 Å². The highest BCUT2D eigenvalue weighted by atomic mass is 35.5. The molecule has 7 heteroatoms. The van der Waals surface area contributed by atoms with Gasteiger partial charge in [0.05, 0.1) is 23.8 Å². The lowest BCUT2D eigenvalue weighted by molar-refractivity contribution is -0.0339. The number of benzene rings is 1. The lowest BCUT2D eigenvalue weighted by atomic mass is 10.1. The smallest absolute Gasteiger partial charge is 0.317 e. The average Bonchev–Trinajstić information content (AvgIpc) is 2.50. The highest BCUT2D eigenvalue weighted by Gasteiger charge is 2.25. The average molecular weight is 344 g/mol. The van der Waals surface area contributed by atoms with Crippen molar-refractivity contribution < 1.29 is 13.9 Å². The number of rotatable bonds is 4. The molecule has 0 spiro atoms. The molecule has 0 unspecified atom stereocenters. The Kier molecular flexibility index (Phi) is 6.21. The Morgan fingerprint density at radius 1 is 1.61 bits per heavy atom. The molecular weight excluding hydrogens is 321 g/mol. The van der Waals surface area contributed by atoms with Gasteiger partial charge in [-0.15, -0.1) is 0 Å². The highest BCUT2D eigenvalue weighted by Crippen LogP contribution is 2.16. The summed E-state index contributed by atoms with van der Waals surface area (Å²) < 4.78 is 19.1. The van der Waals surface area contributed by atoms with Crippen molar-refractivity contribution in [2.45, 2.75) is 25.6 Å². The number of nitrogens with one attached hydrogen (secondary N) is 1. The number of hydrogen-bond acceptors (Lipinski definition) is 3. The van der Waals surface area contributed by atoms with Gasteiger partial charge in [0, 0.05) is 26.7 Å². The van der Waals surface area contributed by atoms with Gasteiger partial charge < -0.3 is 19.9 Å². The number of hydrogen-bond donors (Lipinski definition) is 1. The van der Waals surface area contributed by atoms with E-state index in [4.69, 9.17) is 16.3 Å². The van der Waals surface area contributed by atoms with E-state index < -0.39 is 5.82 Å². The molecule has 1 aromatic carbocycles. The summed E-state index contributed by atoms with van der Waals surface area (Å²) in [6.07, 6.45) is -0.0286. The van der Waals surface area contributed by atoms with Crippen LogP contribution < -0.4 is 5.32 Å². The van der Waals surface area contributed by atoms with Gasteiger partial charge in [-0.1, -0.05) is 17.7 Å². The van der Waals surface area contributed by atoms with Crippen LogP contribution in [0, 0.1) is 5.82 Å². The molecule has 5 nitrogen and oxygen atoms in total. The van der Waals surface area contributed by atoms with Gasteiger partial charge in [0.2, 0.25) is 0 Å². The summed E-state index contributed by atoms with van der Waals surface area (Å²) >= 11 is 5.66. The van der Waals surface area contributed by atoms with Crippen LogP contribution in [-0.4, -0.2) is 61.8 Å². The maximum Gasteiger partial charge on any atom is 0.317 e. The van der Waals surface area contributed by atoms with E-state index in [0.717, 1.165) is 13.1 Å².